The summed E-state index contributed by atoms with van der Waals surface area (Å²) < 4.78 is 45.3. The molecule has 2 fully saturated rings. The van der Waals surface area contributed by atoms with E-state index in [0.717, 1.165) is 18.3 Å². The predicted molar refractivity (Wildman–Crippen MR) is 117 cm³/mol. The molecule has 0 spiro atoms. The Bertz CT molecular complexity index is 802. The van der Waals surface area contributed by atoms with Crippen molar-refractivity contribution in [1.82, 2.24) is 0 Å². The number of rotatable bonds is 7. The normalized spacial score (nSPS) is 21.9. The number of hydrogen-bond acceptors (Lipinski definition) is 5. The van der Waals surface area contributed by atoms with Crippen molar-refractivity contribution in [3.63, 3.8) is 0 Å². The lowest BCUT2D eigenvalue weighted by Gasteiger charge is -2.32. The Kier molecular flexibility index (Phi) is 6.56. The third kappa shape index (κ3) is 5.27. The van der Waals surface area contributed by atoms with Gasteiger partial charge in [0.15, 0.2) is 0 Å². The molecule has 1 aliphatic heterocycles. The van der Waals surface area contributed by atoms with E-state index < -0.39 is 28.3 Å². The van der Waals surface area contributed by atoms with Gasteiger partial charge in [0.05, 0.1) is 29.2 Å². The van der Waals surface area contributed by atoms with Gasteiger partial charge in [0.25, 0.3) is 0 Å². The van der Waals surface area contributed by atoms with Crippen LogP contribution >= 0.6 is 0 Å². The van der Waals surface area contributed by atoms with Crippen molar-refractivity contribution >= 4 is 28.3 Å². The molecule has 162 valence electrons. The van der Waals surface area contributed by atoms with Crippen LogP contribution in [0.15, 0.2) is 18.2 Å². The van der Waals surface area contributed by atoms with Crippen molar-refractivity contribution in [2.45, 2.75) is 77.9 Å². The van der Waals surface area contributed by atoms with Crippen LogP contribution in [-0.4, -0.2) is 39.1 Å². The van der Waals surface area contributed by atoms with Crippen LogP contribution in [0.3, 0.4) is 0 Å². The summed E-state index contributed by atoms with van der Waals surface area (Å²) >= 11 is 0. The van der Waals surface area contributed by atoms with Crippen molar-refractivity contribution < 1.29 is 22.5 Å². The Morgan fingerprint density at radius 3 is 2.31 bits per heavy atom. The second-order valence-electron chi connectivity index (χ2n) is 9.16. The van der Waals surface area contributed by atoms with Crippen molar-refractivity contribution in [3.8, 4) is 5.75 Å². The first-order valence-corrected chi connectivity index (χ1v) is 12.3. The zero-order valence-corrected chi connectivity index (χ0v) is 19.1. The molecular formula is C21H34BNO5S. The maximum Gasteiger partial charge on any atom is 0.494 e. The molecule has 6 nitrogen and oxygen atoms in total. The first kappa shape index (κ1) is 22.4. The molecule has 8 heteroatoms. The molecule has 1 N–H and O–H groups in total. The first-order chi connectivity index (χ1) is 13.5. The first-order valence-electron chi connectivity index (χ1n) is 10.7. The summed E-state index contributed by atoms with van der Waals surface area (Å²) in [6.07, 6.45) is 6.07. The maximum absolute atomic E-state index is 12.1. The summed E-state index contributed by atoms with van der Waals surface area (Å²) in [4.78, 5) is 0. The highest BCUT2D eigenvalue weighted by Crippen LogP contribution is 2.37. The van der Waals surface area contributed by atoms with E-state index >= 15 is 0 Å². The topological polar surface area (TPSA) is 73.9 Å². The number of sulfonamides is 1. The molecule has 1 aromatic carbocycles. The molecule has 1 saturated carbocycles. The Morgan fingerprint density at radius 2 is 1.72 bits per heavy atom. The van der Waals surface area contributed by atoms with Crippen molar-refractivity contribution in [1.29, 1.82) is 0 Å². The van der Waals surface area contributed by atoms with Crippen molar-refractivity contribution in [3.05, 3.63) is 18.2 Å². The van der Waals surface area contributed by atoms with Gasteiger partial charge in [0.1, 0.15) is 5.75 Å². The van der Waals surface area contributed by atoms with E-state index in [2.05, 4.69) is 4.72 Å². The van der Waals surface area contributed by atoms with Crippen LogP contribution in [-0.2, 0) is 19.3 Å². The van der Waals surface area contributed by atoms with Gasteiger partial charge in [0, 0.05) is 0 Å². The van der Waals surface area contributed by atoms with Crippen LogP contribution < -0.4 is 14.9 Å². The zero-order valence-electron chi connectivity index (χ0n) is 18.3. The standard InChI is InChI=1S/C21H34BNO5S/c1-6-29(24,25)23-18-13-12-17(22-27-20(2,3)21(4,5)28-22)14-19(18)26-15-16-10-8-7-9-11-16/h12-14,16,23H,6-11,15H2,1-5H3. The molecule has 2 aliphatic rings. The molecular weight excluding hydrogens is 389 g/mol. The molecule has 0 atom stereocenters. The monoisotopic (exact) mass is 423 g/mol. The predicted octanol–water partition coefficient (Wildman–Crippen LogP) is 3.71. The van der Waals surface area contributed by atoms with Gasteiger partial charge in [-0.1, -0.05) is 25.3 Å². The maximum atomic E-state index is 12.1. The number of benzene rings is 1. The van der Waals surface area contributed by atoms with Gasteiger partial charge in [-0.25, -0.2) is 8.42 Å². The smallest absolute Gasteiger partial charge is 0.491 e. The lowest BCUT2D eigenvalue weighted by molar-refractivity contribution is 0.00578. The molecule has 1 heterocycles. The third-order valence-corrected chi connectivity index (χ3v) is 7.67. The summed E-state index contributed by atoms with van der Waals surface area (Å²) in [6, 6.07) is 5.42. The number of hydrogen-bond donors (Lipinski definition) is 1. The number of nitrogens with one attached hydrogen (secondary N) is 1. The Balaban J connectivity index is 1.84. The van der Waals surface area contributed by atoms with Gasteiger partial charge in [-0.2, -0.15) is 0 Å². The van der Waals surface area contributed by atoms with Crippen molar-refractivity contribution in [2.24, 2.45) is 5.92 Å². The van der Waals surface area contributed by atoms with E-state index in [-0.39, 0.29) is 5.75 Å². The minimum Gasteiger partial charge on any atom is -0.491 e. The van der Waals surface area contributed by atoms with Crippen molar-refractivity contribution in [2.75, 3.05) is 17.1 Å². The molecule has 0 aromatic heterocycles. The molecule has 1 aliphatic carbocycles. The fourth-order valence-electron chi connectivity index (χ4n) is 3.67. The summed E-state index contributed by atoms with van der Waals surface area (Å²) in [7, 11) is -3.92. The average Bonchev–Trinajstić information content (AvgIpc) is 2.89. The van der Waals surface area contributed by atoms with Crippen LogP contribution in [0.1, 0.15) is 66.7 Å². The van der Waals surface area contributed by atoms with Gasteiger partial charge in [0.2, 0.25) is 10.0 Å². The average molecular weight is 423 g/mol. The lowest BCUT2D eigenvalue weighted by Crippen LogP contribution is -2.41. The number of anilines is 1. The van der Waals surface area contributed by atoms with E-state index in [1.165, 1.54) is 19.3 Å². The fraction of sp³-hybridized carbons (Fsp3) is 0.714. The van der Waals surface area contributed by atoms with Crippen LogP contribution in [0.4, 0.5) is 5.69 Å². The Labute approximate surface area is 175 Å². The van der Waals surface area contributed by atoms with Gasteiger partial charge < -0.3 is 14.0 Å². The van der Waals surface area contributed by atoms with Crippen LogP contribution in [0.5, 0.6) is 5.75 Å². The van der Waals surface area contributed by atoms with Crippen LogP contribution in [0.25, 0.3) is 0 Å². The Morgan fingerprint density at radius 1 is 1.10 bits per heavy atom. The zero-order chi connectivity index (χ0) is 21.3. The Hall–Kier alpha value is -1.25. The minimum absolute atomic E-state index is 0.00798. The van der Waals surface area contributed by atoms with E-state index in [0.29, 0.717) is 24.0 Å². The summed E-state index contributed by atoms with van der Waals surface area (Å²) in [5.74, 6) is 1.05. The van der Waals surface area contributed by atoms with Crippen LogP contribution in [0, 0.1) is 5.92 Å². The van der Waals surface area contributed by atoms with Gasteiger partial charge in [-0.3, -0.25) is 4.72 Å². The third-order valence-electron chi connectivity index (χ3n) is 6.38. The molecule has 1 aromatic rings. The van der Waals surface area contributed by atoms with E-state index in [4.69, 9.17) is 14.0 Å². The highest BCUT2D eigenvalue weighted by molar-refractivity contribution is 7.92. The minimum atomic E-state index is -3.40. The largest absolute Gasteiger partial charge is 0.494 e. The summed E-state index contributed by atoms with van der Waals surface area (Å²) in [5.41, 5.74) is 0.400. The highest BCUT2D eigenvalue weighted by Gasteiger charge is 2.51. The molecule has 0 bridgehead atoms. The molecule has 0 unspecified atom stereocenters. The lowest BCUT2D eigenvalue weighted by atomic mass is 9.79. The molecule has 0 amide bonds. The molecule has 0 radical (unpaired) electrons. The molecule has 1 saturated heterocycles. The molecule has 29 heavy (non-hydrogen) atoms. The highest BCUT2D eigenvalue weighted by atomic mass is 32.2. The van der Waals surface area contributed by atoms with Gasteiger partial charge >= 0.3 is 7.12 Å². The SMILES string of the molecule is CCS(=O)(=O)Nc1ccc(B2OC(C)(C)C(C)(C)O2)cc1OCC1CCCCC1. The van der Waals surface area contributed by atoms with Crippen LogP contribution in [0.2, 0.25) is 0 Å². The van der Waals surface area contributed by atoms with Gasteiger partial charge in [-0.15, -0.1) is 0 Å². The summed E-state index contributed by atoms with van der Waals surface area (Å²) in [5, 5.41) is 0. The molecule has 3 rings (SSSR count). The van der Waals surface area contributed by atoms with E-state index in [1.807, 2.05) is 39.8 Å². The van der Waals surface area contributed by atoms with Gasteiger partial charge in [-0.05, 0) is 71.0 Å². The summed E-state index contributed by atoms with van der Waals surface area (Å²) in [6.45, 7) is 10.3. The second-order valence-corrected chi connectivity index (χ2v) is 11.2. The second kappa shape index (κ2) is 8.48. The van der Waals surface area contributed by atoms with E-state index in [1.54, 1.807) is 13.0 Å². The quantitative estimate of drug-likeness (QED) is 0.677. The number of ether oxygens (including phenoxy) is 1. The van der Waals surface area contributed by atoms with E-state index in [9.17, 15) is 8.42 Å². The fourth-order valence-corrected chi connectivity index (χ4v) is 4.32.